The van der Waals surface area contributed by atoms with Gasteiger partial charge in [-0.15, -0.1) is 0 Å². The summed E-state index contributed by atoms with van der Waals surface area (Å²) in [6.45, 7) is 4.81. The molecule has 2 saturated heterocycles. The van der Waals surface area contributed by atoms with Crippen LogP contribution in [0.25, 0.3) is 5.69 Å². The van der Waals surface area contributed by atoms with E-state index in [1.807, 2.05) is 23.9 Å². The van der Waals surface area contributed by atoms with Crippen LogP contribution in [0.5, 0.6) is 0 Å². The highest BCUT2D eigenvalue weighted by atomic mass is 16.2. The van der Waals surface area contributed by atoms with Crippen molar-refractivity contribution in [2.24, 2.45) is 0 Å². The van der Waals surface area contributed by atoms with Crippen LogP contribution in [0.2, 0.25) is 0 Å². The predicted octanol–water partition coefficient (Wildman–Crippen LogP) is 2.07. The van der Waals surface area contributed by atoms with Gasteiger partial charge in [-0.3, -0.25) is 9.69 Å². The van der Waals surface area contributed by atoms with Gasteiger partial charge in [0.1, 0.15) is 0 Å². The summed E-state index contributed by atoms with van der Waals surface area (Å²) in [5.41, 5.74) is 2.30. The fourth-order valence-electron chi connectivity index (χ4n) is 3.75. The number of rotatable bonds is 3. The summed E-state index contributed by atoms with van der Waals surface area (Å²) in [4.78, 5) is 16.9. The molecule has 1 amide bonds. The average molecular weight is 310 g/mol. The number of fused-ring (bicyclic) bond motifs is 1. The molecule has 5 nitrogen and oxygen atoms in total. The summed E-state index contributed by atoms with van der Waals surface area (Å²) in [6, 6.07) is 10.8. The monoisotopic (exact) mass is 310 g/mol. The van der Waals surface area contributed by atoms with Crippen LogP contribution in [-0.4, -0.2) is 50.7 Å². The Kier molecular flexibility index (Phi) is 3.65. The SMILES string of the molecule is C[C@H]1C(=O)N2CCC[C@H]2CN1Cc1ccc(-n2cccn2)cc1. The standard InChI is InChI=1S/C18H22N4O/c1-14-18(23)21-10-2-4-17(21)13-20(14)12-15-5-7-16(8-6-15)22-11-3-9-19-22/h3,5-9,11,14,17H,2,4,10,12-13H2,1H3/t14-,17-/m0/s1. The Morgan fingerprint density at radius 3 is 2.83 bits per heavy atom. The third kappa shape index (κ3) is 2.65. The van der Waals surface area contributed by atoms with E-state index in [4.69, 9.17) is 0 Å². The summed E-state index contributed by atoms with van der Waals surface area (Å²) in [5, 5.41) is 4.25. The van der Waals surface area contributed by atoms with E-state index in [9.17, 15) is 4.79 Å². The van der Waals surface area contributed by atoms with E-state index >= 15 is 0 Å². The molecule has 0 unspecified atom stereocenters. The minimum atomic E-state index is -0.0184. The Hall–Kier alpha value is -2.14. The lowest BCUT2D eigenvalue weighted by Crippen LogP contribution is -2.58. The number of nitrogens with zero attached hydrogens (tertiary/aromatic N) is 4. The number of hydrogen-bond donors (Lipinski definition) is 0. The van der Waals surface area contributed by atoms with Crippen molar-refractivity contribution < 1.29 is 4.79 Å². The topological polar surface area (TPSA) is 41.4 Å². The van der Waals surface area contributed by atoms with Crippen molar-refractivity contribution in [2.75, 3.05) is 13.1 Å². The van der Waals surface area contributed by atoms with Crippen molar-refractivity contribution in [1.82, 2.24) is 19.6 Å². The van der Waals surface area contributed by atoms with Crippen LogP contribution in [0.3, 0.4) is 0 Å². The summed E-state index contributed by atoms with van der Waals surface area (Å²) in [7, 11) is 0. The van der Waals surface area contributed by atoms with Crippen LogP contribution in [-0.2, 0) is 11.3 Å². The lowest BCUT2D eigenvalue weighted by Gasteiger charge is -2.41. The molecule has 5 heteroatoms. The van der Waals surface area contributed by atoms with Gasteiger partial charge in [-0.25, -0.2) is 4.68 Å². The van der Waals surface area contributed by atoms with E-state index in [0.717, 1.165) is 38.2 Å². The number of piperazine rings is 1. The molecule has 0 bridgehead atoms. The van der Waals surface area contributed by atoms with Gasteiger partial charge in [-0.2, -0.15) is 5.10 Å². The zero-order valence-electron chi connectivity index (χ0n) is 13.4. The average Bonchev–Trinajstić information content (AvgIpc) is 3.24. The zero-order chi connectivity index (χ0) is 15.8. The molecule has 2 fully saturated rings. The molecule has 0 spiro atoms. The van der Waals surface area contributed by atoms with Gasteiger partial charge >= 0.3 is 0 Å². The number of carbonyl (C=O) groups excluding carboxylic acids is 1. The fourth-order valence-corrected chi connectivity index (χ4v) is 3.75. The maximum atomic E-state index is 12.5. The Labute approximate surface area is 136 Å². The molecule has 0 aliphatic carbocycles. The maximum Gasteiger partial charge on any atom is 0.239 e. The first-order chi connectivity index (χ1) is 11.2. The first-order valence-corrected chi connectivity index (χ1v) is 8.36. The van der Waals surface area contributed by atoms with Gasteiger partial charge in [-0.05, 0) is 43.5 Å². The summed E-state index contributed by atoms with van der Waals surface area (Å²) < 4.78 is 1.85. The van der Waals surface area contributed by atoms with Crippen LogP contribution < -0.4 is 0 Å². The zero-order valence-corrected chi connectivity index (χ0v) is 13.4. The molecule has 1 aromatic carbocycles. The van der Waals surface area contributed by atoms with Gasteiger partial charge in [0.15, 0.2) is 0 Å². The lowest BCUT2D eigenvalue weighted by atomic mass is 10.1. The van der Waals surface area contributed by atoms with E-state index in [1.165, 1.54) is 5.56 Å². The molecule has 4 rings (SSSR count). The normalized spacial score (nSPS) is 24.9. The molecule has 3 heterocycles. The molecule has 0 saturated carbocycles. The molecule has 1 aromatic heterocycles. The molecule has 2 aromatic rings. The minimum absolute atomic E-state index is 0.0184. The molecular weight excluding hydrogens is 288 g/mol. The second kappa shape index (κ2) is 5.81. The van der Waals surface area contributed by atoms with Crippen LogP contribution >= 0.6 is 0 Å². The second-order valence-electron chi connectivity index (χ2n) is 6.55. The van der Waals surface area contributed by atoms with Crippen LogP contribution in [0.1, 0.15) is 25.3 Å². The first kappa shape index (κ1) is 14.5. The van der Waals surface area contributed by atoms with Gasteiger partial charge < -0.3 is 4.90 Å². The van der Waals surface area contributed by atoms with Gasteiger partial charge in [0, 0.05) is 38.1 Å². The second-order valence-corrected chi connectivity index (χ2v) is 6.55. The van der Waals surface area contributed by atoms with Crippen LogP contribution in [0.15, 0.2) is 42.7 Å². The van der Waals surface area contributed by atoms with Gasteiger partial charge in [0.25, 0.3) is 0 Å². The number of aromatic nitrogens is 2. The lowest BCUT2D eigenvalue weighted by molar-refractivity contribution is -0.143. The molecule has 2 aliphatic heterocycles. The number of carbonyl (C=O) groups is 1. The Morgan fingerprint density at radius 2 is 2.09 bits per heavy atom. The minimum Gasteiger partial charge on any atom is -0.337 e. The van der Waals surface area contributed by atoms with Crippen molar-refractivity contribution >= 4 is 5.91 Å². The summed E-state index contributed by atoms with van der Waals surface area (Å²) >= 11 is 0. The molecule has 0 N–H and O–H groups in total. The van der Waals surface area contributed by atoms with Crippen molar-refractivity contribution in [3.63, 3.8) is 0 Å². The molecule has 23 heavy (non-hydrogen) atoms. The number of benzene rings is 1. The van der Waals surface area contributed by atoms with Crippen molar-refractivity contribution in [3.05, 3.63) is 48.3 Å². The van der Waals surface area contributed by atoms with E-state index in [1.54, 1.807) is 6.20 Å². The predicted molar refractivity (Wildman–Crippen MR) is 88.2 cm³/mol. The maximum absolute atomic E-state index is 12.5. The van der Waals surface area contributed by atoms with E-state index in [-0.39, 0.29) is 6.04 Å². The molecule has 120 valence electrons. The van der Waals surface area contributed by atoms with Crippen LogP contribution in [0, 0.1) is 0 Å². The van der Waals surface area contributed by atoms with Crippen molar-refractivity contribution in [1.29, 1.82) is 0 Å². The Bertz CT molecular complexity index is 680. The van der Waals surface area contributed by atoms with Gasteiger partial charge in [0.05, 0.1) is 11.7 Å². The van der Waals surface area contributed by atoms with Crippen molar-refractivity contribution in [3.8, 4) is 5.69 Å². The van der Waals surface area contributed by atoms with Crippen molar-refractivity contribution in [2.45, 2.75) is 38.4 Å². The highest BCUT2D eigenvalue weighted by Gasteiger charge is 2.39. The summed E-state index contributed by atoms with van der Waals surface area (Å²) in [6.07, 6.45) is 6.01. The molecule has 2 atom stereocenters. The third-order valence-corrected chi connectivity index (χ3v) is 5.10. The third-order valence-electron chi connectivity index (χ3n) is 5.10. The fraction of sp³-hybridized carbons (Fsp3) is 0.444. The summed E-state index contributed by atoms with van der Waals surface area (Å²) in [5.74, 6) is 0.298. The van der Waals surface area contributed by atoms with Gasteiger partial charge in [0.2, 0.25) is 5.91 Å². The number of amides is 1. The Balaban J connectivity index is 1.48. The van der Waals surface area contributed by atoms with E-state index in [0.29, 0.717) is 11.9 Å². The highest BCUT2D eigenvalue weighted by Crippen LogP contribution is 2.26. The number of hydrogen-bond acceptors (Lipinski definition) is 3. The largest absolute Gasteiger partial charge is 0.337 e. The first-order valence-electron chi connectivity index (χ1n) is 8.36. The molecule has 0 radical (unpaired) electrons. The quantitative estimate of drug-likeness (QED) is 0.871. The Morgan fingerprint density at radius 1 is 1.26 bits per heavy atom. The highest BCUT2D eigenvalue weighted by molar-refractivity contribution is 5.83. The van der Waals surface area contributed by atoms with E-state index < -0.39 is 0 Å². The van der Waals surface area contributed by atoms with E-state index in [2.05, 4.69) is 39.2 Å². The smallest absolute Gasteiger partial charge is 0.239 e. The molecular formula is C18H22N4O. The molecule has 2 aliphatic rings. The van der Waals surface area contributed by atoms with Crippen LogP contribution in [0.4, 0.5) is 0 Å². The van der Waals surface area contributed by atoms with Gasteiger partial charge in [-0.1, -0.05) is 12.1 Å².